The van der Waals surface area contributed by atoms with Crippen LogP contribution in [-0.4, -0.2) is 51.6 Å². The molecule has 124 valence electrons. The number of carbonyl (C=O) groups is 1. The van der Waals surface area contributed by atoms with Crippen LogP contribution in [-0.2, 0) is 9.47 Å². The molecule has 0 aliphatic heterocycles. The third kappa shape index (κ3) is 5.22. The van der Waals surface area contributed by atoms with E-state index in [4.69, 9.17) is 9.47 Å². The van der Waals surface area contributed by atoms with Crippen molar-refractivity contribution in [3.8, 4) is 11.3 Å². The van der Waals surface area contributed by atoms with Crippen LogP contribution in [0.1, 0.15) is 29.4 Å². The highest BCUT2D eigenvalue weighted by Gasteiger charge is 2.19. The number of aromatic nitrogens is 4. The van der Waals surface area contributed by atoms with E-state index in [1.165, 1.54) is 11.8 Å². The van der Waals surface area contributed by atoms with Crippen molar-refractivity contribution in [3.05, 3.63) is 17.3 Å². The average molecular weight is 354 g/mol. The molecule has 0 N–H and O–H groups in total. The first-order valence-electron chi connectivity index (χ1n) is 7.20. The number of hydrogen-bond donors (Lipinski definition) is 0. The van der Waals surface area contributed by atoms with Crippen molar-refractivity contribution in [3.63, 3.8) is 0 Å². The average Bonchev–Trinajstić information content (AvgIpc) is 3.07. The van der Waals surface area contributed by atoms with Crippen LogP contribution in [0.2, 0.25) is 0 Å². The van der Waals surface area contributed by atoms with Crippen LogP contribution in [0, 0.1) is 0 Å². The molecule has 0 fully saturated rings. The van der Waals surface area contributed by atoms with Gasteiger partial charge in [-0.25, -0.2) is 14.8 Å². The van der Waals surface area contributed by atoms with E-state index in [9.17, 15) is 4.79 Å². The maximum atomic E-state index is 12.1. The van der Waals surface area contributed by atoms with Crippen molar-refractivity contribution < 1.29 is 14.3 Å². The minimum absolute atomic E-state index is 0.210. The van der Waals surface area contributed by atoms with Crippen LogP contribution in [0.25, 0.3) is 11.3 Å². The highest BCUT2D eigenvalue weighted by atomic mass is 32.2. The van der Waals surface area contributed by atoms with Gasteiger partial charge >= 0.3 is 5.97 Å². The van der Waals surface area contributed by atoms with Crippen LogP contribution in [0.5, 0.6) is 0 Å². The van der Waals surface area contributed by atoms with Crippen molar-refractivity contribution in [2.24, 2.45) is 0 Å². The quantitative estimate of drug-likeness (QED) is 0.294. The third-order valence-electron chi connectivity index (χ3n) is 2.86. The third-order valence-corrected chi connectivity index (χ3v) is 4.14. The van der Waals surface area contributed by atoms with Gasteiger partial charge in [0, 0.05) is 24.6 Å². The molecule has 0 aliphatic carbocycles. The van der Waals surface area contributed by atoms with Gasteiger partial charge in [0.2, 0.25) is 0 Å². The zero-order chi connectivity index (χ0) is 16.5. The summed E-state index contributed by atoms with van der Waals surface area (Å²) in [6.45, 7) is 3.37. The maximum Gasteiger partial charge on any atom is 0.352 e. The van der Waals surface area contributed by atoms with Crippen molar-refractivity contribution >= 4 is 29.3 Å². The van der Waals surface area contributed by atoms with E-state index in [2.05, 4.69) is 26.5 Å². The Hall–Kier alpha value is -1.58. The number of rotatable bonds is 9. The molecule has 7 nitrogen and oxygen atoms in total. The lowest BCUT2D eigenvalue weighted by molar-refractivity contribution is 0.0319. The van der Waals surface area contributed by atoms with Crippen LogP contribution in [0.3, 0.4) is 0 Å². The maximum absolute atomic E-state index is 12.1. The summed E-state index contributed by atoms with van der Waals surface area (Å²) in [5, 5.41) is 4.64. The lowest BCUT2D eigenvalue weighted by Gasteiger charge is -2.05. The number of nitrogens with zero attached hydrogens (tertiary/aromatic N) is 4. The number of thioether (sulfide) groups is 1. The van der Waals surface area contributed by atoms with Crippen molar-refractivity contribution in [2.75, 3.05) is 26.1 Å². The Morgan fingerprint density at radius 3 is 2.74 bits per heavy atom. The second-order valence-electron chi connectivity index (χ2n) is 4.51. The van der Waals surface area contributed by atoms with Gasteiger partial charge in [0.15, 0.2) is 10.0 Å². The van der Waals surface area contributed by atoms with Gasteiger partial charge in [0.1, 0.15) is 12.3 Å². The normalized spacial score (nSPS) is 10.7. The van der Waals surface area contributed by atoms with Gasteiger partial charge in [-0.3, -0.25) is 0 Å². The zero-order valence-corrected chi connectivity index (χ0v) is 14.7. The van der Waals surface area contributed by atoms with Gasteiger partial charge < -0.3 is 9.47 Å². The Kier molecular flexibility index (Phi) is 7.37. The molecular weight excluding hydrogens is 336 g/mol. The fraction of sp³-hybridized carbons (Fsp3) is 0.500. The molecule has 0 bridgehead atoms. The molecule has 9 heteroatoms. The zero-order valence-electron chi connectivity index (χ0n) is 13.0. The lowest BCUT2D eigenvalue weighted by Crippen LogP contribution is -2.11. The summed E-state index contributed by atoms with van der Waals surface area (Å²) in [6, 6.07) is 0. The standard InChI is InChI=1S/C14H18N4O3S2/c1-3-4-5-20-6-7-21-13(19)12-11(17-18-23-12)10-8-15-14(22-2)16-9-10/h8-9H,3-7H2,1-2H3. The van der Waals surface area contributed by atoms with Gasteiger partial charge in [-0.15, -0.1) is 5.10 Å². The summed E-state index contributed by atoms with van der Waals surface area (Å²) >= 11 is 2.44. The molecule has 0 unspecified atom stereocenters. The minimum Gasteiger partial charge on any atom is -0.459 e. The largest absolute Gasteiger partial charge is 0.459 e. The molecular formula is C14H18N4O3S2. The number of ether oxygens (including phenoxy) is 2. The van der Waals surface area contributed by atoms with Gasteiger partial charge in [0.05, 0.1) is 6.61 Å². The summed E-state index contributed by atoms with van der Waals surface area (Å²) in [5.41, 5.74) is 1.09. The highest BCUT2D eigenvalue weighted by Crippen LogP contribution is 2.24. The van der Waals surface area contributed by atoms with E-state index in [1.807, 2.05) is 6.26 Å². The molecule has 2 rings (SSSR count). The van der Waals surface area contributed by atoms with Crippen molar-refractivity contribution in [2.45, 2.75) is 24.9 Å². The van der Waals surface area contributed by atoms with Gasteiger partial charge in [-0.2, -0.15) is 0 Å². The van der Waals surface area contributed by atoms with Gasteiger partial charge in [-0.05, 0) is 24.2 Å². The molecule has 0 spiro atoms. The second kappa shape index (κ2) is 9.53. The molecule has 0 aliphatic rings. The van der Waals surface area contributed by atoms with Crippen LogP contribution in [0.4, 0.5) is 0 Å². The van der Waals surface area contributed by atoms with E-state index in [1.54, 1.807) is 12.4 Å². The Balaban J connectivity index is 1.92. The van der Waals surface area contributed by atoms with E-state index in [0.717, 1.165) is 24.4 Å². The minimum atomic E-state index is -0.456. The first-order valence-corrected chi connectivity index (χ1v) is 9.19. The molecule has 2 heterocycles. The van der Waals surface area contributed by atoms with Crippen molar-refractivity contribution in [1.82, 2.24) is 19.6 Å². The summed E-state index contributed by atoms with van der Waals surface area (Å²) in [4.78, 5) is 20.8. The smallest absolute Gasteiger partial charge is 0.352 e. The molecule has 2 aromatic heterocycles. The Morgan fingerprint density at radius 1 is 1.26 bits per heavy atom. The van der Waals surface area contributed by atoms with Crippen LogP contribution in [0.15, 0.2) is 17.6 Å². The summed E-state index contributed by atoms with van der Waals surface area (Å²) in [5.74, 6) is -0.456. The second-order valence-corrected chi connectivity index (χ2v) is 6.04. The summed E-state index contributed by atoms with van der Waals surface area (Å²) in [7, 11) is 0. The first-order chi connectivity index (χ1) is 11.3. The molecule has 0 atom stereocenters. The van der Waals surface area contributed by atoms with E-state index in [-0.39, 0.29) is 6.61 Å². The van der Waals surface area contributed by atoms with Crippen LogP contribution >= 0.6 is 23.3 Å². The predicted molar refractivity (Wildman–Crippen MR) is 88.7 cm³/mol. The van der Waals surface area contributed by atoms with E-state index in [0.29, 0.717) is 34.5 Å². The molecule has 0 amide bonds. The number of esters is 1. The summed E-state index contributed by atoms with van der Waals surface area (Å²) in [6.07, 6.45) is 7.22. The molecule has 23 heavy (non-hydrogen) atoms. The molecule has 0 aromatic carbocycles. The Bertz CT molecular complexity index is 619. The molecule has 0 saturated carbocycles. The molecule has 0 radical (unpaired) electrons. The number of carbonyl (C=O) groups excluding carboxylic acids is 1. The van der Waals surface area contributed by atoms with Gasteiger partial charge in [-0.1, -0.05) is 29.6 Å². The summed E-state index contributed by atoms with van der Waals surface area (Å²) < 4.78 is 14.4. The fourth-order valence-electron chi connectivity index (χ4n) is 1.66. The highest BCUT2D eigenvalue weighted by molar-refractivity contribution is 7.98. The SMILES string of the molecule is CCCCOCCOC(=O)c1snnc1-c1cnc(SC)nc1. The van der Waals surface area contributed by atoms with Crippen LogP contribution < -0.4 is 0 Å². The molecule has 2 aromatic rings. The Morgan fingerprint density at radius 2 is 2.04 bits per heavy atom. The lowest BCUT2D eigenvalue weighted by atomic mass is 10.2. The number of hydrogen-bond acceptors (Lipinski definition) is 9. The first kappa shape index (κ1) is 17.8. The number of unbranched alkanes of at least 4 members (excludes halogenated alkanes) is 1. The fourth-order valence-corrected chi connectivity index (χ4v) is 2.56. The monoisotopic (exact) mass is 354 g/mol. The molecule has 0 saturated heterocycles. The van der Waals surface area contributed by atoms with Gasteiger partial charge in [0.25, 0.3) is 0 Å². The Labute approximate surface area is 143 Å². The van der Waals surface area contributed by atoms with E-state index >= 15 is 0 Å². The predicted octanol–water partition coefficient (Wildman–Crippen LogP) is 2.69. The van der Waals surface area contributed by atoms with Crippen molar-refractivity contribution in [1.29, 1.82) is 0 Å². The van der Waals surface area contributed by atoms with E-state index < -0.39 is 5.97 Å². The topological polar surface area (TPSA) is 87.1 Å².